The number of hydrogen-bond acceptors (Lipinski definition) is 7. The number of piperidine rings is 2. The number of alkyl halides is 2. The van der Waals surface area contributed by atoms with Crippen LogP contribution in [0.1, 0.15) is 72.7 Å². The van der Waals surface area contributed by atoms with E-state index < -0.39 is 15.9 Å². The minimum Gasteiger partial charge on any atom is -0.491 e. The fourth-order valence-electron chi connectivity index (χ4n) is 9.11. The van der Waals surface area contributed by atoms with Crippen LogP contribution in [-0.4, -0.2) is 90.4 Å². The predicted molar refractivity (Wildman–Crippen MR) is 204 cm³/mol. The third-order valence-electron chi connectivity index (χ3n) is 11.6. The van der Waals surface area contributed by atoms with Crippen molar-refractivity contribution >= 4 is 50.2 Å². The number of carbonyl (C=O) groups excluding carboxylic acids is 1. The standard InChI is InChI=1S/C39H46Cl2FN5O5S/c1-26-44-32-7-2-3-8-33(32)47(26)31-24-29-9-10-30(25-31)46(29)20-15-39(27-5-4-6-28(42)23-27)13-18-45(19-14-39)38(48)36-34(51-21-16-40)11-12-35(53(43,49)50)37(36)52-22-17-41/h2-8,11-12,23,29-31H,9-10,13-22,24-25H2,1H3,(H2,43,49,50). The third-order valence-corrected chi connectivity index (χ3v) is 12.8. The number of aryl methyl sites for hydroxylation is 1. The van der Waals surface area contributed by atoms with E-state index in [1.54, 1.807) is 17.0 Å². The van der Waals surface area contributed by atoms with Crippen molar-refractivity contribution in [2.75, 3.05) is 44.6 Å². The number of nitrogens with two attached hydrogens (primary N) is 1. The van der Waals surface area contributed by atoms with Gasteiger partial charge in [0.2, 0.25) is 10.0 Å². The molecule has 10 nitrogen and oxygen atoms in total. The number of para-hydroxylation sites is 2. The lowest BCUT2D eigenvalue weighted by Gasteiger charge is -2.45. The zero-order valence-electron chi connectivity index (χ0n) is 29.9. The van der Waals surface area contributed by atoms with Crippen LogP contribution in [0.4, 0.5) is 4.39 Å². The highest BCUT2D eigenvalue weighted by atomic mass is 35.5. The molecule has 3 fully saturated rings. The number of likely N-dealkylation sites (tertiary alicyclic amines) is 1. The molecule has 3 aromatic carbocycles. The number of fused-ring (bicyclic) bond motifs is 3. The number of carbonyl (C=O) groups is 1. The summed E-state index contributed by atoms with van der Waals surface area (Å²) in [6.07, 6.45) is 6.44. The van der Waals surface area contributed by atoms with Crippen LogP contribution in [0.2, 0.25) is 0 Å². The number of benzene rings is 3. The predicted octanol–water partition coefficient (Wildman–Crippen LogP) is 6.80. The van der Waals surface area contributed by atoms with Gasteiger partial charge < -0.3 is 18.9 Å². The monoisotopic (exact) mass is 785 g/mol. The Hall–Kier alpha value is -3.42. The van der Waals surface area contributed by atoms with E-state index in [9.17, 15) is 17.6 Å². The fourth-order valence-corrected chi connectivity index (χ4v) is 9.94. The van der Waals surface area contributed by atoms with Crippen molar-refractivity contribution in [2.24, 2.45) is 5.14 Å². The number of primary sulfonamides is 1. The first-order valence-corrected chi connectivity index (χ1v) is 21.0. The summed E-state index contributed by atoms with van der Waals surface area (Å²) in [7, 11) is -4.26. The van der Waals surface area contributed by atoms with E-state index in [1.807, 2.05) is 12.1 Å². The van der Waals surface area contributed by atoms with Crippen molar-refractivity contribution in [3.63, 3.8) is 0 Å². The molecule has 4 aromatic rings. The Bertz CT molecular complexity index is 2060. The average Bonchev–Trinajstić information content (AvgIpc) is 3.61. The number of imidazole rings is 1. The molecule has 2 bridgehead atoms. The summed E-state index contributed by atoms with van der Waals surface area (Å²) in [5.74, 6) is 0.497. The largest absolute Gasteiger partial charge is 0.491 e. The maximum atomic E-state index is 14.8. The van der Waals surface area contributed by atoms with Crippen molar-refractivity contribution in [1.82, 2.24) is 19.4 Å². The molecule has 0 aliphatic carbocycles. The Morgan fingerprint density at radius 3 is 2.34 bits per heavy atom. The first kappa shape index (κ1) is 37.9. The normalized spacial score (nSPS) is 21.6. The first-order valence-electron chi connectivity index (χ1n) is 18.3. The first-order chi connectivity index (χ1) is 25.5. The molecule has 53 heavy (non-hydrogen) atoms. The molecular weight excluding hydrogens is 740 g/mol. The molecule has 3 aliphatic rings. The molecule has 0 spiro atoms. The second-order valence-corrected chi connectivity index (χ2v) is 16.8. The van der Waals surface area contributed by atoms with Gasteiger partial charge in [-0.15, -0.1) is 23.2 Å². The Morgan fingerprint density at radius 1 is 0.962 bits per heavy atom. The summed E-state index contributed by atoms with van der Waals surface area (Å²) in [5.41, 5.74) is 2.76. The van der Waals surface area contributed by atoms with E-state index in [4.69, 9.17) is 42.8 Å². The minimum atomic E-state index is -4.26. The van der Waals surface area contributed by atoms with Crippen molar-refractivity contribution in [1.29, 1.82) is 0 Å². The maximum Gasteiger partial charge on any atom is 0.261 e. The van der Waals surface area contributed by atoms with E-state index >= 15 is 0 Å². The smallest absolute Gasteiger partial charge is 0.261 e. The van der Waals surface area contributed by atoms with Gasteiger partial charge in [0.15, 0.2) is 5.75 Å². The zero-order chi connectivity index (χ0) is 37.3. The van der Waals surface area contributed by atoms with Gasteiger partial charge in [-0.1, -0.05) is 24.3 Å². The molecule has 3 aliphatic heterocycles. The summed E-state index contributed by atoms with van der Waals surface area (Å²) >= 11 is 11.8. The Kier molecular flexibility index (Phi) is 11.3. The van der Waals surface area contributed by atoms with E-state index in [-0.39, 0.29) is 58.2 Å². The molecule has 284 valence electrons. The van der Waals surface area contributed by atoms with Gasteiger partial charge in [-0.05, 0) is 106 Å². The number of amides is 1. The summed E-state index contributed by atoms with van der Waals surface area (Å²) in [5, 5.41) is 5.55. The highest BCUT2D eigenvalue weighted by Gasteiger charge is 2.45. The highest BCUT2D eigenvalue weighted by Crippen LogP contribution is 2.46. The van der Waals surface area contributed by atoms with Crippen LogP contribution >= 0.6 is 23.2 Å². The molecule has 2 N–H and O–H groups in total. The molecule has 2 unspecified atom stereocenters. The van der Waals surface area contributed by atoms with Gasteiger partial charge in [-0.2, -0.15) is 0 Å². The number of hydrogen-bond donors (Lipinski definition) is 1. The molecule has 0 saturated carbocycles. The lowest BCUT2D eigenvalue weighted by Crippen LogP contribution is -2.49. The number of ether oxygens (including phenoxy) is 2. The second kappa shape index (κ2) is 15.7. The highest BCUT2D eigenvalue weighted by molar-refractivity contribution is 7.89. The van der Waals surface area contributed by atoms with Crippen molar-refractivity contribution in [2.45, 2.75) is 80.3 Å². The lowest BCUT2D eigenvalue weighted by atomic mass is 9.70. The van der Waals surface area contributed by atoms with Crippen LogP contribution in [0.25, 0.3) is 11.0 Å². The number of halogens is 3. The average molecular weight is 787 g/mol. The summed E-state index contributed by atoms with van der Waals surface area (Å²) in [6, 6.07) is 19.2. The lowest BCUT2D eigenvalue weighted by molar-refractivity contribution is 0.0599. The van der Waals surface area contributed by atoms with Crippen molar-refractivity contribution < 1.29 is 27.1 Å². The number of nitrogens with zero attached hydrogens (tertiary/aromatic N) is 4. The number of aromatic nitrogens is 2. The van der Waals surface area contributed by atoms with Gasteiger partial charge in [0.1, 0.15) is 41.1 Å². The van der Waals surface area contributed by atoms with Crippen LogP contribution < -0.4 is 14.6 Å². The quantitative estimate of drug-likeness (QED) is 0.148. The Balaban J connectivity index is 1.12. The molecule has 4 heterocycles. The molecule has 0 radical (unpaired) electrons. The van der Waals surface area contributed by atoms with Crippen LogP contribution in [0, 0.1) is 12.7 Å². The van der Waals surface area contributed by atoms with Gasteiger partial charge in [0, 0.05) is 31.2 Å². The maximum absolute atomic E-state index is 14.8. The van der Waals surface area contributed by atoms with Gasteiger partial charge in [0.25, 0.3) is 5.91 Å². The molecule has 2 atom stereocenters. The van der Waals surface area contributed by atoms with Crippen LogP contribution in [0.3, 0.4) is 0 Å². The van der Waals surface area contributed by atoms with Crippen LogP contribution in [0.5, 0.6) is 11.5 Å². The van der Waals surface area contributed by atoms with E-state index in [0.717, 1.165) is 55.6 Å². The topological polar surface area (TPSA) is 120 Å². The van der Waals surface area contributed by atoms with Crippen LogP contribution in [0.15, 0.2) is 65.6 Å². The van der Waals surface area contributed by atoms with E-state index in [1.165, 1.54) is 23.7 Å². The molecule has 7 rings (SSSR count). The molecule has 14 heteroatoms. The number of sulfonamides is 1. The van der Waals surface area contributed by atoms with E-state index in [0.29, 0.717) is 44.1 Å². The number of rotatable bonds is 13. The summed E-state index contributed by atoms with van der Waals surface area (Å²) in [6.45, 7) is 3.74. The second-order valence-electron chi connectivity index (χ2n) is 14.5. The van der Waals surface area contributed by atoms with Crippen LogP contribution in [-0.2, 0) is 15.4 Å². The molecular formula is C39H46Cl2FN5O5S. The van der Waals surface area contributed by atoms with Gasteiger partial charge in [-0.3, -0.25) is 9.69 Å². The van der Waals surface area contributed by atoms with E-state index in [2.05, 4.69) is 34.6 Å². The third kappa shape index (κ3) is 7.62. The molecule has 1 aromatic heterocycles. The summed E-state index contributed by atoms with van der Waals surface area (Å²) in [4.78, 5) is 23.3. The summed E-state index contributed by atoms with van der Waals surface area (Å²) < 4.78 is 54.1. The van der Waals surface area contributed by atoms with Gasteiger partial charge >= 0.3 is 0 Å². The fraction of sp³-hybridized carbons (Fsp3) is 0.487. The minimum absolute atomic E-state index is 0.0367. The molecule has 1 amide bonds. The SMILES string of the molecule is Cc1nc2ccccc2n1C1CC2CCC(C1)N2CCC1(c2cccc(F)c2)CCN(C(=O)c2c(OCCCl)ccc(S(N)(=O)=O)c2OCCCl)CC1. The van der Waals surface area contributed by atoms with Gasteiger partial charge in [0.05, 0.1) is 22.8 Å². The molecule has 3 saturated heterocycles. The van der Waals surface area contributed by atoms with Gasteiger partial charge in [-0.25, -0.2) is 22.9 Å². The van der Waals surface area contributed by atoms with Crippen molar-refractivity contribution in [3.8, 4) is 11.5 Å². The zero-order valence-corrected chi connectivity index (χ0v) is 32.2. The van der Waals surface area contributed by atoms with Crippen molar-refractivity contribution in [3.05, 3.63) is 83.4 Å². The Morgan fingerprint density at radius 2 is 1.66 bits per heavy atom. The Labute approximate surface area is 320 Å².